The molecule has 0 bridgehead atoms. The van der Waals surface area contributed by atoms with Crippen LogP contribution in [0.3, 0.4) is 0 Å². The standard InChI is InChI=1S/C16H14N2O/c1-11-8-15(12(2)7-14(11)9-17)18-10-13-5-3-4-6-16(13)19/h3-8,10,19H,1-2H3. The van der Waals surface area contributed by atoms with Crippen molar-refractivity contribution in [2.45, 2.75) is 13.8 Å². The number of aryl methyl sites for hydroxylation is 2. The van der Waals surface area contributed by atoms with Crippen LogP contribution >= 0.6 is 0 Å². The van der Waals surface area contributed by atoms with E-state index in [0.717, 1.165) is 16.8 Å². The predicted octanol–water partition coefficient (Wildman–Crippen LogP) is 3.63. The molecular formula is C16H14N2O. The number of benzene rings is 2. The largest absolute Gasteiger partial charge is 0.507 e. The van der Waals surface area contributed by atoms with Crippen LogP contribution < -0.4 is 0 Å². The highest BCUT2D eigenvalue weighted by Gasteiger charge is 2.03. The Morgan fingerprint density at radius 2 is 1.89 bits per heavy atom. The lowest BCUT2D eigenvalue weighted by molar-refractivity contribution is 0.474. The molecule has 0 unspecified atom stereocenters. The van der Waals surface area contributed by atoms with E-state index in [1.165, 1.54) is 0 Å². The number of para-hydroxylation sites is 1. The Morgan fingerprint density at radius 1 is 1.16 bits per heavy atom. The minimum atomic E-state index is 0.203. The molecule has 3 nitrogen and oxygen atoms in total. The van der Waals surface area contributed by atoms with Crippen LogP contribution in [-0.4, -0.2) is 11.3 Å². The van der Waals surface area contributed by atoms with Crippen LogP contribution in [0, 0.1) is 25.2 Å². The third-order valence-corrected chi connectivity index (χ3v) is 2.94. The average Bonchev–Trinajstić information content (AvgIpc) is 2.41. The van der Waals surface area contributed by atoms with Gasteiger partial charge in [-0.2, -0.15) is 5.26 Å². The minimum absolute atomic E-state index is 0.203. The van der Waals surface area contributed by atoms with Crippen molar-refractivity contribution in [2.24, 2.45) is 4.99 Å². The first-order chi connectivity index (χ1) is 9.11. The zero-order valence-corrected chi connectivity index (χ0v) is 10.9. The van der Waals surface area contributed by atoms with Gasteiger partial charge >= 0.3 is 0 Å². The number of phenolic OH excluding ortho intramolecular Hbond substituents is 1. The monoisotopic (exact) mass is 250 g/mol. The van der Waals surface area contributed by atoms with Crippen LogP contribution in [0.15, 0.2) is 41.4 Å². The molecule has 0 spiro atoms. The molecule has 94 valence electrons. The van der Waals surface area contributed by atoms with Crippen molar-refractivity contribution in [3.63, 3.8) is 0 Å². The summed E-state index contributed by atoms with van der Waals surface area (Å²) in [6.45, 7) is 3.80. The van der Waals surface area contributed by atoms with Gasteiger partial charge in [-0.3, -0.25) is 4.99 Å². The number of aliphatic imine (C=N–C) groups is 1. The van der Waals surface area contributed by atoms with Gasteiger partial charge in [0.25, 0.3) is 0 Å². The molecule has 0 aromatic heterocycles. The number of nitriles is 1. The lowest BCUT2D eigenvalue weighted by atomic mass is 10.0. The highest BCUT2D eigenvalue weighted by Crippen LogP contribution is 2.23. The van der Waals surface area contributed by atoms with Crippen molar-refractivity contribution in [3.05, 3.63) is 58.7 Å². The van der Waals surface area contributed by atoms with Crippen LogP contribution in [0.2, 0.25) is 0 Å². The minimum Gasteiger partial charge on any atom is -0.507 e. The highest BCUT2D eigenvalue weighted by atomic mass is 16.3. The van der Waals surface area contributed by atoms with Gasteiger partial charge in [0.05, 0.1) is 17.3 Å². The maximum atomic E-state index is 9.66. The van der Waals surface area contributed by atoms with Crippen molar-refractivity contribution < 1.29 is 5.11 Å². The fourth-order valence-corrected chi connectivity index (χ4v) is 1.80. The van der Waals surface area contributed by atoms with Crippen molar-refractivity contribution in [2.75, 3.05) is 0 Å². The summed E-state index contributed by atoms with van der Waals surface area (Å²) >= 11 is 0. The van der Waals surface area contributed by atoms with E-state index < -0.39 is 0 Å². The molecule has 0 aliphatic rings. The molecule has 0 aliphatic heterocycles. The quantitative estimate of drug-likeness (QED) is 0.827. The summed E-state index contributed by atoms with van der Waals surface area (Å²) in [5.74, 6) is 0.203. The first kappa shape index (κ1) is 12.8. The Labute approximate surface area is 112 Å². The second-order valence-electron chi connectivity index (χ2n) is 4.38. The lowest BCUT2D eigenvalue weighted by Crippen LogP contribution is -1.86. The van der Waals surface area contributed by atoms with Crippen molar-refractivity contribution in [3.8, 4) is 11.8 Å². The lowest BCUT2D eigenvalue weighted by Gasteiger charge is -2.04. The number of rotatable bonds is 2. The summed E-state index contributed by atoms with van der Waals surface area (Å²) in [5, 5.41) is 18.6. The maximum Gasteiger partial charge on any atom is 0.124 e. The van der Waals surface area contributed by atoms with Crippen LogP contribution in [0.25, 0.3) is 0 Å². The van der Waals surface area contributed by atoms with Gasteiger partial charge in [0.15, 0.2) is 0 Å². The molecular weight excluding hydrogens is 236 g/mol. The van der Waals surface area contributed by atoms with E-state index in [2.05, 4.69) is 11.1 Å². The molecule has 0 radical (unpaired) electrons. The SMILES string of the molecule is Cc1cc(N=Cc2ccccc2O)c(C)cc1C#N. The summed E-state index contributed by atoms with van der Waals surface area (Å²) in [6, 6.07) is 12.9. The smallest absolute Gasteiger partial charge is 0.124 e. The molecule has 0 atom stereocenters. The second kappa shape index (κ2) is 5.36. The molecule has 0 aliphatic carbocycles. The molecule has 2 aromatic carbocycles. The molecule has 1 N–H and O–H groups in total. The molecule has 0 heterocycles. The summed E-state index contributed by atoms with van der Waals surface area (Å²) in [6.07, 6.45) is 1.63. The topological polar surface area (TPSA) is 56.4 Å². The molecule has 0 fully saturated rings. The first-order valence-corrected chi connectivity index (χ1v) is 5.95. The van der Waals surface area contributed by atoms with Crippen molar-refractivity contribution in [1.29, 1.82) is 5.26 Å². The van der Waals surface area contributed by atoms with Gasteiger partial charge in [0.2, 0.25) is 0 Å². The van der Waals surface area contributed by atoms with Gasteiger partial charge in [-0.15, -0.1) is 0 Å². The summed E-state index contributed by atoms with van der Waals surface area (Å²) < 4.78 is 0. The Kier molecular flexibility index (Phi) is 3.63. The van der Waals surface area contributed by atoms with E-state index in [4.69, 9.17) is 5.26 Å². The normalized spacial score (nSPS) is 10.6. The van der Waals surface area contributed by atoms with Gasteiger partial charge < -0.3 is 5.11 Å². The van der Waals surface area contributed by atoms with Gasteiger partial charge in [-0.1, -0.05) is 12.1 Å². The van der Waals surface area contributed by atoms with Gasteiger partial charge in [0, 0.05) is 11.8 Å². The van der Waals surface area contributed by atoms with Crippen molar-refractivity contribution in [1.82, 2.24) is 0 Å². The Bertz CT molecular complexity index is 682. The maximum absolute atomic E-state index is 9.66. The van der Waals surface area contributed by atoms with Gasteiger partial charge in [-0.25, -0.2) is 0 Å². The van der Waals surface area contributed by atoms with Crippen LogP contribution in [0.1, 0.15) is 22.3 Å². The van der Waals surface area contributed by atoms with E-state index >= 15 is 0 Å². The summed E-state index contributed by atoms with van der Waals surface area (Å²) in [7, 11) is 0. The van der Waals surface area contributed by atoms with E-state index in [1.54, 1.807) is 24.4 Å². The Morgan fingerprint density at radius 3 is 2.58 bits per heavy atom. The molecule has 2 rings (SSSR count). The third-order valence-electron chi connectivity index (χ3n) is 2.94. The zero-order valence-electron chi connectivity index (χ0n) is 10.9. The molecule has 19 heavy (non-hydrogen) atoms. The van der Waals surface area contributed by atoms with E-state index in [0.29, 0.717) is 11.1 Å². The first-order valence-electron chi connectivity index (χ1n) is 5.95. The number of hydrogen-bond acceptors (Lipinski definition) is 3. The van der Waals surface area contributed by atoms with Gasteiger partial charge in [0.1, 0.15) is 5.75 Å². The zero-order chi connectivity index (χ0) is 13.8. The highest BCUT2D eigenvalue weighted by molar-refractivity contribution is 5.85. The van der Waals surface area contributed by atoms with E-state index in [9.17, 15) is 5.11 Å². The number of hydrogen-bond donors (Lipinski definition) is 1. The molecule has 0 amide bonds. The fraction of sp³-hybridized carbons (Fsp3) is 0.125. The van der Waals surface area contributed by atoms with E-state index in [-0.39, 0.29) is 5.75 Å². The fourth-order valence-electron chi connectivity index (χ4n) is 1.80. The van der Waals surface area contributed by atoms with Crippen molar-refractivity contribution >= 4 is 11.9 Å². The second-order valence-corrected chi connectivity index (χ2v) is 4.38. The number of nitrogens with zero attached hydrogens (tertiary/aromatic N) is 2. The number of phenols is 1. The molecule has 2 aromatic rings. The van der Waals surface area contributed by atoms with Crippen LogP contribution in [0.4, 0.5) is 5.69 Å². The molecule has 0 saturated carbocycles. The number of aromatic hydroxyl groups is 1. The molecule has 3 heteroatoms. The summed E-state index contributed by atoms with van der Waals surface area (Å²) in [5.41, 5.74) is 3.98. The summed E-state index contributed by atoms with van der Waals surface area (Å²) in [4.78, 5) is 4.38. The predicted molar refractivity (Wildman–Crippen MR) is 76.0 cm³/mol. The van der Waals surface area contributed by atoms with E-state index in [1.807, 2.05) is 32.0 Å². The van der Waals surface area contributed by atoms with Crippen LogP contribution in [0.5, 0.6) is 5.75 Å². The van der Waals surface area contributed by atoms with Gasteiger partial charge in [-0.05, 0) is 49.2 Å². The molecule has 0 saturated heterocycles. The Balaban J connectivity index is 2.37. The third kappa shape index (κ3) is 2.80. The Hall–Kier alpha value is -2.60. The van der Waals surface area contributed by atoms with Crippen LogP contribution in [-0.2, 0) is 0 Å². The average molecular weight is 250 g/mol.